The van der Waals surface area contributed by atoms with Crippen molar-refractivity contribution in [3.63, 3.8) is 0 Å². The van der Waals surface area contributed by atoms with E-state index in [2.05, 4.69) is 287 Å². The Bertz CT molecular complexity index is 2550. The molecule has 0 amide bonds. The zero-order valence-electron chi connectivity index (χ0n) is 54.8. The Hall–Kier alpha value is -3.24. The summed E-state index contributed by atoms with van der Waals surface area (Å²) in [5, 5.41) is 2.06. The maximum Gasteiger partial charge on any atom is 2.00 e. The van der Waals surface area contributed by atoms with Crippen LogP contribution in [0.3, 0.4) is 0 Å². The molecule has 0 saturated carbocycles. The predicted molar refractivity (Wildman–Crippen MR) is 351 cm³/mol. The van der Waals surface area contributed by atoms with E-state index in [4.69, 9.17) is 18.1 Å². The molecular weight excluding hydrogens is 1380 g/mol. The summed E-state index contributed by atoms with van der Waals surface area (Å²) in [6.45, 7) is 54.4. The summed E-state index contributed by atoms with van der Waals surface area (Å²) in [6, 6.07) is 44.5. The summed E-state index contributed by atoms with van der Waals surface area (Å²) in [6.07, 6.45) is 0. The molecule has 0 fully saturated rings. The summed E-state index contributed by atoms with van der Waals surface area (Å²) < 4.78 is 29.0. The third-order valence-corrected chi connectivity index (χ3v) is 17.2. The van der Waals surface area contributed by atoms with Crippen LogP contribution in [0, 0.1) is 29.7 Å². The van der Waals surface area contributed by atoms with Gasteiger partial charge in [-0.1, -0.05) is 239 Å². The van der Waals surface area contributed by atoms with Crippen LogP contribution in [0.1, 0.15) is 211 Å². The molecule has 0 heterocycles. The van der Waals surface area contributed by atoms with Crippen molar-refractivity contribution in [1.82, 2.24) is 0 Å². The van der Waals surface area contributed by atoms with Crippen LogP contribution in [0.4, 0.5) is 0 Å². The molecule has 6 aromatic carbocycles. The molecule has 0 atom stereocenters. The van der Waals surface area contributed by atoms with E-state index in [1.807, 2.05) is 0 Å². The third-order valence-electron chi connectivity index (χ3n) is 14.0. The van der Waals surface area contributed by atoms with Gasteiger partial charge in [-0.05, 0) is 125 Å². The first-order chi connectivity index (χ1) is 33.7. The fourth-order valence-corrected chi connectivity index (χ4v) is 11.9. The fourth-order valence-electron chi connectivity index (χ4n) is 8.96. The van der Waals surface area contributed by atoms with Gasteiger partial charge in [0.15, 0.2) is 33.6 Å². The van der Waals surface area contributed by atoms with Gasteiger partial charge in [-0.25, -0.2) is 0 Å². The first-order valence-electron chi connectivity index (χ1n) is 27.0. The maximum atomic E-state index is 7.24. The first kappa shape index (κ1) is 76.8. The standard InChI is InChI=1S/C68H92O4P2.4CH3.2Pt/c1-61(2,3)47-29-37-57(53(41-47)65(13,14)15)69-73(70-58-38-30-48(62(4,5)6)42-54(58)66(16,17)18)51-33-25-45(26-34-51)46-27-35-52(36-28-46)74(71-59-39-31-49(63(7,8)9)43-55(59)67(19,20)21)72-60-40-32-50(64(10,11)12)44-56(60)68(22,23)24;;;;;;/h25-44H,1-24H3;4*1H3;;/q;4*-1;2*+2/p+2. The summed E-state index contributed by atoms with van der Waals surface area (Å²) in [5.41, 5.74) is 11.4. The van der Waals surface area contributed by atoms with E-state index in [1.54, 1.807) is 0 Å². The van der Waals surface area contributed by atoms with Gasteiger partial charge < -0.3 is 47.8 Å². The molecule has 0 aromatic heterocycles. The van der Waals surface area contributed by atoms with Gasteiger partial charge in [-0.3, -0.25) is 0 Å². The molecule has 8 heteroatoms. The first-order valence-corrected chi connectivity index (χ1v) is 29.6. The molecule has 0 aliphatic carbocycles. The van der Waals surface area contributed by atoms with Gasteiger partial charge in [0.05, 0.1) is 0 Å². The number of benzene rings is 6. The smallest absolute Gasteiger partial charge is 0.358 e. The van der Waals surface area contributed by atoms with E-state index in [9.17, 15) is 0 Å². The van der Waals surface area contributed by atoms with E-state index >= 15 is 0 Å². The molecule has 0 radical (unpaired) electrons. The summed E-state index contributed by atoms with van der Waals surface area (Å²) in [4.78, 5) is 0. The van der Waals surface area contributed by atoms with E-state index in [-0.39, 0.29) is 115 Å². The average molecular weight is 1490 g/mol. The molecule has 4 nitrogen and oxygen atoms in total. The zero-order chi connectivity index (χ0) is 55.4. The Balaban J connectivity index is 0.0000104. The molecule has 0 bridgehead atoms. The van der Waals surface area contributed by atoms with Crippen LogP contribution in [-0.2, 0) is 85.5 Å². The average Bonchev–Trinajstić information content (AvgIpc) is 3.26. The summed E-state index contributed by atoms with van der Waals surface area (Å²) >= 11 is 0. The molecule has 0 aliphatic heterocycles. The Labute approximate surface area is 522 Å². The molecule has 6 aromatic rings. The Morgan fingerprint density at radius 3 is 0.562 bits per heavy atom. The SMILES string of the molecule is CC(C)(C)c1ccc(O[PH+](Oc2ccc(C(C)(C)C)cc2C(C)(C)C)c2ccc(-c3ccc([PH+](Oc4ccc(C(C)(C)C)cc4C(C)(C)C)Oc4ccc(C(C)(C)C)cc4C(C)(C)C)cc3)cc2)c(C(C)(C)C)c1.[CH3-].[CH3-].[CH3-].[CH3-].[Pt+2].[Pt+2]. The van der Waals surface area contributed by atoms with E-state index < -0.39 is 16.8 Å². The molecule has 0 unspecified atom stereocenters. The van der Waals surface area contributed by atoms with Gasteiger partial charge in [0.1, 0.15) is 0 Å². The number of hydrogen-bond acceptors (Lipinski definition) is 4. The molecule has 6 rings (SSSR count). The van der Waals surface area contributed by atoms with Crippen molar-refractivity contribution in [1.29, 1.82) is 0 Å². The van der Waals surface area contributed by atoms with Crippen molar-refractivity contribution in [2.75, 3.05) is 0 Å². The number of rotatable bonds is 11. The molecular formula is C72H106O4P2Pt2+2. The number of hydrogen-bond donors (Lipinski definition) is 0. The van der Waals surface area contributed by atoms with Crippen LogP contribution in [-0.4, -0.2) is 0 Å². The van der Waals surface area contributed by atoms with Crippen LogP contribution in [0.5, 0.6) is 23.0 Å². The quantitative estimate of drug-likeness (QED) is 0.0957. The molecule has 446 valence electrons. The van der Waals surface area contributed by atoms with Crippen molar-refractivity contribution in [3.8, 4) is 34.1 Å². The summed E-state index contributed by atoms with van der Waals surface area (Å²) in [7, 11) is -4.28. The van der Waals surface area contributed by atoms with Crippen LogP contribution in [0.15, 0.2) is 121 Å². The normalized spacial score (nSPS) is 12.4. The van der Waals surface area contributed by atoms with Crippen molar-refractivity contribution in [3.05, 3.63) is 196 Å². The Morgan fingerprint density at radius 1 is 0.237 bits per heavy atom. The van der Waals surface area contributed by atoms with E-state index in [1.165, 1.54) is 44.5 Å². The van der Waals surface area contributed by atoms with Gasteiger partial charge in [0, 0.05) is 22.3 Å². The van der Waals surface area contributed by atoms with E-state index in [0.29, 0.717) is 0 Å². The molecule has 0 saturated heterocycles. The van der Waals surface area contributed by atoms with Gasteiger partial charge in [-0.2, -0.15) is 0 Å². The Morgan fingerprint density at radius 2 is 0.412 bits per heavy atom. The Kier molecular flexibility index (Phi) is 27.0. The van der Waals surface area contributed by atoms with Crippen LogP contribution in [0.25, 0.3) is 11.1 Å². The zero-order valence-corrected chi connectivity index (χ0v) is 61.4. The van der Waals surface area contributed by atoms with Gasteiger partial charge in [0.25, 0.3) is 0 Å². The van der Waals surface area contributed by atoms with Crippen LogP contribution in [0.2, 0.25) is 0 Å². The predicted octanol–water partition coefficient (Wildman–Crippen LogP) is 21.2. The minimum absolute atomic E-state index is 0. The molecule has 0 spiro atoms. The molecule has 80 heavy (non-hydrogen) atoms. The largest absolute Gasteiger partial charge is 2.00 e. The fraction of sp³-hybridized carbons (Fsp3) is 0.444. The second-order valence-electron chi connectivity index (χ2n) is 29.0. The van der Waals surface area contributed by atoms with Crippen molar-refractivity contribution in [2.45, 2.75) is 209 Å². The minimum Gasteiger partial charge on any atom is -0.358 e. The van der Waals surface area contributed by atoms with Gasteiger partial charge >= 0.3 is 58.9 Å². The second kappa shape index (κ2) is 28.1. The minimum atomic E-state index is -2.14. The van der Waals surface area contributed by atoms with Crippen LogP contribution >= 0.6 is 16.8 Å². The van der Waals surface area contributed by atoms with Gasteiger partial charge in [0.2, 0.25) is 0 Å². The second-order valence-corrected chi connectivity index (χ2v) is 32.1. The van der Waals surface area contributed by atoms with Crippen molar-refractivity contribution in [2.24, 2.45) is 0 Å². The van der Waals surface area contributed by atoms with Crippen molar-refractivity contribution >= 4 is 27.4 Å². The summed E-state index contributed by atoms with van der Waals surface area (Å²) in [5.74, 6) is 3.46. The van der Waals surface area contributed by atoms with E-state index in [0.717, 1.165) is 44.7 Å². The monoisotopic (exact) mass is 1490 g/mol. The van der Waals surface area contributed by atoms with Gasteiger partial charge in [-0.15, -0.1) is 0 Å². The van der Waals surface area contributed by atoms with Crippen LogP contribution < -0.4 is 28.7 Å². The third kappa shape index (κ3) is 19.4. The molecule has 0 N–H and O–H groups in total. The van der Waals surface area contributed by atoms with Crippen molar-refractivity contribution < 1.29 is 60.2 Å². The topological polar surface area (TPSA) is 36.9 Å². The molecule has 0 aliphatic rings. The maximum absolute atomic E-state index is 7.24.